The van der Waals surface area contributed by atoms with Gasteiger partial charge in [0.05, 0.1) is 17.6 Å². The molecule has 5 nitrogen and oxygen atoms in total. The zero-order valence-corrected chi connectivity index (χ0v) is 17.5. The third-order valence-corrected chi connectivity index (χ3v) is 6.01. The molecule has 1 aliphatic heterocycles. The van der Waals surface area contributed by atoms with Crippen LogP contribution in [0, 0.1) is 0 Å². The monoisotopic (exact) mass is 410 g/mol. The highest BCUT2D eigenvalue weighted by molar-refractivity contribution is 6.30. The van der Waals surface area contributed by atoms with Gasteiger partial charge in [-0.15, -0.1) is 0 Å². The van der Waals surface area contributed by atoms with E-state index in [0.29, 0.717) is 19.0 Å². The molecule has 0 saturated carbocycles. The molecule has 1 aromatic heterocycles. The summed E-state index contributed by atoms with van der Waals surface area (Å²) in [5.41, 5.74) is 2.07. The Morgan fingerprint density at radius 3 is 2.66 bits per heavy atom. The van der Waals surface area contributed by atoms with E-state index < -0.39 is 0 Å². The van der Waals surface area contributed by atoms with Crippen molar-refractivity contribution in [3.8, 4) is 0 Å². The third-order valence-electron chi connectivity index (χ3n) is 5.76. The average Bonchev–Trinajstić information content (AvgIpc) is 3.18. The van der Waals surface area contributed by atoms with Crippen LogP contribution in [0.4, 0.5) is 0 Å². The molecule has 3 aromatic rings. The lowest BCUT2D eigenvalue weighted by Gasteiger charge is -2.25. The summed E-state index contributed by atoms with van der Waals surface area (Å²) in [4.78, 5) is 15.6. The maximum Gasteiger partial charge on any atom is 0.274 e. The van der Waals surface area contributed by atoms with Gasteiger partial charge in [-0.3, -0.25) is 9.69 Å². The van der Waals surface area contributed by atoms with Crippen LogP contribution in [0.3, 0.4) is 0 Å². The van der Waals surface area contributed by atoms with E-state index in [1.54, 1.807) is 4.68 Å². The molecule has 0 aliphatic carbocycles. The summed E-state index contributed by atoms with van der Waals surface area (Å²) in [5.74, 6) is 0. The number of hydrogen-bond donors (Lipinski definition) is 1. The summed E-state index contributed by atoms with van der Waals surface area (Å²) in [7, 11) is 1.98. The predicted octanol–water partition coefficient (Wildman–Crippen LogP) is 3.32. The number of nitrogens with zero attached hydrogens (tertiary/aromatic N) is 3. The number of aromatic nitrogens is 2. The first-order valence-corrected chi connectivity index (χ1v) is 10.7. The second-order valence-electron chi connectivity index (χ2n) is 7.72. The Hall–Kier alpha value is -2.21. The number of halogens is 1. The van der Waals surface area contributed by atoms with Crippen molar-refractivity contribution < 1.29 is 0 Å². The molecule has 152 valence electrons. The van der Waals surface area contributed by atoms with Crippen LogP contribution >= 0.6 is 11.6 Å². The van der Waals surface area contributed by atoms with Crippen LogP contribution in [0.2, 0.25) is 5.02 Å². The van der Waals surface area contributed by atoms with E-state index in [9.17, 15) is 4.79 Å². The quantitative estimate of drug-likeness (QED) is 0.649. The molecule has 0 radical (unpaired) electrons. The van der Waals surface area contributed by atoms with E-state index in [2.05, 4.69) is 10.2 Å². The lowest BCUT2D eigenvalue weighted by atomic mass is 10.0. The van der Waals surface area contributed by atoms with Crippen LogP contribution in [0.15, 0.2) is 53.3 Å². The highest BCUT2D eigenvalue weighted by Gasteiger charge is 2.25. The Bertz CT molecular complexity index is 1030. The van der Waals surface area contributed by atoms with Crippen molar-refractivity contribution in [1.82, 2.24) is 20.0 Å². The van der Waals surface area contributed by atoms with Crippen LogP contribution in [0.25, 0.3) is 10.8 Å². The normalized spacial score (nSPS) is 17.2. The summed E-state index contributed by atoms with van der Waals surface area (Å²) < 4.78 is 1.69. The largest absolute Gasteiger partial charge is 0.318 e. The molecule has 2 heterocycles. The molecule has 0 unspecified atom stereocenters. The van der Waals surface area contributed by atoms with Crippen molar-refractivity contribution in [1.29, 1.82) is 0 Å². The summed E-state index contributed by atoms with van der Waals surface area (Å²) in [6.45, 7) is 3.69. The Balaban J connectivity index is 1.68. The molecule has 29 heavy (non-hydrogen) atoms. The van der Waals surface area contributed by atoms with Gasteiger partial charge in [0, 0.05) is 36.0 Å². The van der Waals surface area contributed by atoms with Crippen LogP contribution in [-0.2, 0) is 13.0 Å². The van der Waals surface area contributed by atoms with Crippen LogP contribution in [0.5, 0.6) is 0 Å². The highest BCUT2D eigenvalue weighted by Crippen LogP contribution is 2.21. The molecule has 0 bridgehead atoms. The van der Waals surface area contributed by atoms with Crippen molar-refractivity contribution in [2.24, 2.45) is 0 Å². The van der Waals surface area contributed by atoms with Gasteiger partial charge >= 0.3 is 0 Å². The van der Waals surface area contributed by atoms with E-state index in [-0.39, 0.29) is 5.56 Å². The minimum Gasteiger partial charge on any atom is -0.318 e. The standard InChI is InChI=1S/C23H27ClN4O/c1-25-12-14-27-13-4-5-19(27)16-28-23(29)21-7-3-2-6-20(21)22(26-28)15-17-8-10-18(24)11-9-17/h2-3,6-11,19,25H,4-5,12-16H2,1H3/t19-/m1/s1. The van der Waals surface area contributed by atoms with Crippen molar-refractivity contribution in [3.05, 3.63) is 75.2 Å². The van der Waals surface area contributed by atoms with Crippen LogP contribution < -0.4 is 10.9 Å². The molecule has 1 N–H and O–H groups in total. The maximum absolute atomic E-state index is 13.1. The van der Waals surface area contributed by atoms with Gasteiger partial charge in [0.25, 0.3) is 5.56 Å². The molecule has 6 heteroatoms. The second-order valence-corrected chi connectivity index (χ2v) is 8.15. The SMILES string of the molecule is CNCCN1CCC[C@@H]1Cn1nc(Cc2ccc(Cl)cc2)c2ccccc2c1=O. The number of fused-ring (bicyclic) bond motifs is 1. The predicted molar refractivity (Wildman–Crippen MR) is 119 cm³/mol. The van der Waals surface area contributed by atoms with Crippen molar-refractivity contribution >= 4 is 22.4 Å². The van der Waals surface area contributed by atoms with Crippen molar-refractivity contribution in [3.63, 3.8) is 0 Å². The Kier molecular flexibility index (Phi) is 6.28. The fraction of sp³-hybridized carbons (Fsp3) is 0.391. The number of benzene rings is 2. The summed E-state index contributed by atoms with van der Waals surface area (Å²) in [5, 5.41) is 10.4. The maximum atomic E-state index is 13.1. The van der Waals surface area contributed by atoms with E-state index in [4.69, 9.17) is 16.7 Å². The van der Waals surface area contributed by atoms with Gasteiger partial charge in [-0.25, -0.2) is 4.68 Å². The number of rotatable bonds is 7. The molecule has 1 fully saturated rings. The average molecular weight is 411 g/mol. The van der Waals surface area contributed by atoms with Crippen LogP contribution in [-0.4, -0.2) is 47.4 Å². The number of likely N-dealkylation sites (tertiary alicyclic amines) is 1. The molecule has 2 aromatic carbocycles. The molecular formula is C23H27ClN4O. The number of likely N-dealkylation sites (N-methyl/N-ethyl adjacent to an activating group) is 1. The minimum absolute atomic E-state index is 0.000854. The van der Waals surface area contributed by atoms with Crippen LogP contribution in [0.1, 0.15) is 24.1 Å². The van der Waals surface area contributed by atoms with Gasteiger partial charge in [0.1, 0.15) is 0 Å². The van der Waals surface area contributed by atoms with E-state index >= 15 is 0 Å². The lowest BCUT2D eigenvalue weighted by Crippen LogP contribution is -2.40. The molecule has 1 saturated heterocycles. The molecule has 0 spiro atoms. The van der Waals surface area contributed by atoms with Gasteiger partial charge in [0.2, 0.25) is 0 Å². The zero-order valence-electron chi connectivity index (χ0n) is 16.8. The van der Waals surface area contributed by atoms with E-state index in [0.717, 1.165) is 53.1 Å². The molecular weight excluding hydrogens is 384 g/mol. The second kappa shape index (κ2) is 9.08. The first-order valence-electron chi connectivity index (χ1n) is 10.3. The van der Waals surface area contributed by atoms with Gasteiger partial charge in [-0.05, 0) is 50.2 Å². The van der Waals surface area contributed by atoms with E-state index in [1.165, 1.54) is 6.42 Å². The van der Waals surface area contributed by atoms with Gasteiger partial charge < -0.3 is 5.32 Å². The fourth-order valence-electron chi connectivity index (χ4n) is 4.21. The number of nitrogens with one attached hydrogen (secondary N) is 1. The van der Waals surface area contributed by atoms with Gasteiger partial charge in [0.15, 0.2) is 0 Å². The Morgan fingerprint density at radius 1 is 1.14 bits per heavy atom. The zero-order chi connectivity index (χ0) is 20.2. The Morgan fingerprint density at radius 2 is 1.90 bits per heavy atom. The van der Waals surface area contributed by atoms with E-state index in [1.807, 2.05) is 55.6 Å². The first-order chi connectivity index (χ1) is 14.2. The Labute approximate surface area is 176 Å². The summed E-state index contributed by atoms with van der Waals surface area (Å²) >= 11 is 6.03. The third kappa shape index (κ3) is 4.53. The molecule has 0 amide bonds. The highest BCUT2D eigenvalue weighted by atomic mass is 35.5. The lowest BCUT2D eigenvalue weighted by molar-refractivity contribution is 0.226. The minimum atomic E-state index is 0.000854. The molecule has 4 rings (SSSR count). The topological polar surface area (TPSA) is 50.2 Å². The smallest absolute Gasteiger partial charge is 0.274 e. The summed E-state index contributed by atoms with van der Waals surface area (Å²) in [6.07, 6.45) is 2.96. The van der Waals surface area contributed by atoms with Gasteiger partial charge in [-0.2, -0.15) is 5.10 Å². The molecule has 1 aliphatic rings. The fourth-order valence-corrected chi connectivity index (χ4v) is 4.33. The molecule has 1 atom stereocenters. The van der Waals surface area contributed by atoms with Crippen molar-refractivity contribution in [2.75, 3.05) is 26.7 Å². The van der Waals surface area contributed by atoms with Gasteiger partial charge in [-0.1, -0.05) is 41.9 Å². The first kappa shape index (κ1) is 20.1. The number of hydrogen-bond acceptors (Lipinski definition) is 4. The van der Waals surface area contributed by atoms with Crippen molar-refractivity contribution in [2.45, 2.75) is 31.8 Å². The summed E-state index contributed by atoms with van der Waals surface area (Å²) in [6, 6.07) is 16.0.